The van der Waals surface area contributed by atoms with Crippen molar-refractivity contribution >= 4 is 5.69 Å². The Kier molecular flexibility index (Phi) is 4.65. The molecule has 0 unspecified atom stereocenters. The number of aliphatic hydroxyl groups is 1. The Morgan fingerprint density at radius 2 is 1.89 bits per heavy atom. The van der Waals surface area contributed by atoms with Crippen LogP contribution in [0.2, 0.25) is 0 Å². The molecule has 0 amide bonds. The van der Waals surface area contributed by atoms with Crippen LogP contribution in [-0.4, -0.2) is 23.8 Å². The van der Waals surface area contributed by atoms with Gasteiger partial charge in [-0.1, -0.05) is 6.07 Å². The van der Waals surface area contributed by atoms with Gasteiger partial charge in [-0.25, -0.2) is 8.78 Å². The van der Waals surface area contributed by atoms with E-state index in [1.807, 2.05) is 6.92 Å². The lowest BCUT2D eigenvalue weighted by molar-refractivity contribution is 0.0874. The first-order chi connectivity index (χ1) is 8.30. The molecule has 1 aromatic carbocycles. The fraction of sp³-hybridized carbons (Fsp3) is 0.538. The quantitative estimate of drug-likeness (QED) is 0.849. The van der Waals surface area contributed by atoms with E-state index in [-0.39, 0.29) is 24.3 Å². The van der Waals surface area contributed by atoms with E-state index in [9.17, 15) is 13.9 Å². The maximum Gasteiger partial charge on any atom is 0.182 e. The van der Waals surface area contributed by atoms with Gasteiger partial charge in [0.05, 0.1) is 11.3 Å². The van der Waals surface area contributed by atoms with Crippen LogP contribution >= 0.6 is 0 Å². The molecular weight excluding hydrogens is 238 g/mol. The second-order valence-electron chi connectivity index (χ2n) is 4.90. The molecule has 0 aliphatic carbocycles. The van der Waals surface area contributed by atoms with Crippen LogP contribution in [0, 0.1) is 11.6 Å². The third kappa shape index (κ3) is 3.40. The lowest BCUT2D eigenvalue weighted by Crippen LogP contribution is -2.39. The molecule has 0 radical (unpaired) electrons. The van der Waals surface area contributed by atoms with Gasteiger partial charge in [0, 0.05) is 25.2 Å². The zero-order valence-electron chi connectivity index (χ0n) is 11.0. The average Bonchev–Trinajstić information content (AvgIpc) is 2.29. The lowest BCUT2D eigenvalue weighted by atomic mass is 10.1. The fourth-order valence-electron chi connectivity index (χ4n) is 1.82. The van der Waals surface area contributed by atoms with Crippen LogP contribution in [0.15, 0.2) is 12.1 Å². The van der Waals surface area contributed by atoms with Crippen molar-refractivity contribution in [1.82, 2.24) is 0 Å². The van der Waals surface area contributed by atoms with Crippen molar-refractivity contribution in [2.45, 2.75) is 32.9 Å². The van der Waals surface area contributed by atoms with Gasteiger partial charge in [-0.05, 0) is 26.8 Å². The highest BCUT2D eigenvalue weighted by atomic mass is 19.2. The van der Waals surface area contributed by atoms with Crippen LogP contribution in [0.5, 0.6) is 0 Å². The van der Waals surface area contributed by atoms with Gasteiger partial charge in [-0.3, -0.25) is 0 Å². The molecule has 0 bridgehead atoms. The molecule has 1 rings (SSSR count). The largest absolute Gasteiger partial charge is 0.389 e. The molecular formula is C13H20F2N2O. The maximum atomic E-state index is 13.9. The molecule has 0 fully saturated rings. The van der Waals surface area contributed by atoms with E-state index in [4.69, 9.17) is 5.73 Å². The predicted molar refractivity (Wildman–Crippen MR) is 68.4 cm³/mol. The summed E-state index contributed by atoms with van der Waals surface area (Å²) in [5, 5.41) is 9.76. The highest BCUT2D eigenvalue weighted by molar-refractivity contribution is 5.50. The zero-order valence-corrected chi connectivity index (χ0v) is 11.0. The minimum Gasteiger partial charge on any atom is -0.389 e. The highest BCUT2D eigenvalue weighted by Gasteiger charge is 2.22. The van der Waals surface area contributed by atoms with Crippen LogP contribution in [-0.2, 0) is 6.54 Å². The Hall–Kier alpha value is -1.20. The monoisotopic (exact) mass is 258 g/mol. The molecule has 3 N–H and O–H groups in total. The second kappa shape index (κ2) is 5.63. The van der Waals surface area contributed by atoms with Gasteiger partial charge in [0.15, 0.2) is 11.6 Å². The van der Waals surface area contributed by atoms with E-state index in [1.165, 1.54) is 12.1 Å². The summed E-state index contributed by atoms with van der Waals surface area (Å²) in [6, 6.07) is 2.97. The van der Waals surface area contributed by atoms with E-state index >= 15 is 0 Å². The van der Waals surface area contributed by atoms with Gasteiger partial charge in [0.1, 0.15) is 0 Å². The summed E-state index contributed by atoms with van der Waals surface area (Å²) < 4.78 is 27.6. The standard InChI is InChI=1S/C13H20F2N2O/c1-4-17(8-13(2,3)18)10-6-5-9(7-16)11(14)12(10)15/h5-6,18H,4,7-8,16H2,1-3H3. The Morgan fingerprint density at radius 3 is 2.33 bits per heavy atom. The summed E-state index contributed by atoms with van der Waals surface area (Å²) >= 11 is 0. The molecule has 102 valence electrons. The van der Waals surface area contributed by atoms with Crippen LogP contribution in [0.25, 0.3) is 0 Å². The van der Waals surface area contributed by atoms with Crippen LogP contribution < -0.4 is 10.6 Å². The van der Waals surface area contributed by atoms with Gasteiger partial charge in [0.25, 0.3) is 0 Å². The summed E-state index contributed by atoms with van der Waals surface area (Å²) in [6.45, 7) is 5.72. The topological polar surface area (TPSA) is 49.5 Å². The van der Waals surface area contributed by atoms with Crippen molar-refractivity contribution in [3.8, 4) is 0 Å². The average molecular weight is 258 g/mol. The minimum atomic E-state index is -0.981. The number of benzene rings is 1. The Labute approximate surface area is 106 Å². The first-order valence-electron chi connectivity index (χ1n) is 5.94. The van der Waals surface area contributed by atoms with Crippen LogP contribution in [0.4, 0.5) is 14.5 Å². The number of likely N-dealkylation sites (N-methyl/N-ethyl adjacent to an activating group) is 1. The molecule has 0 heterocycles. The van der Waals surface area contributed by atoms with E-state index in [0.717, 1.165) is 0 Å². The van der Waals surface area contributed by atoms with Gasteiger partial charge < -0.3 is 15.7 Å². The third-order valence-corrected chi connectivity index (χ3v) is 2.66. The molecule has 3 nitrogen and oxygen atoms in total. The number of rotatable bonds is 5. The molecule has 18 heavy (non-hydrogen) atoms. The van der Waals surface area contributed by atoms with E-state index in [0.29, 0.717) is 6.54 Å². The molecule has 0 aliphatic rings. The summed E-state index contributed by atoms with van der Waals surface area (Å²) in [6.07, 6.45) is 0. The minimum absolute atomic E-state index is 0.0410. The van der Waals surface area contributed by atoms with E-state index < -0.39 is 17.2 Å². The van der Waals surface area contributed by atoms with Gasteiger partial charge in [-0.2, -0.15) is 0 Å². The molecule has 0 aliphatic heterocycles. The summed E-state index contributed by atoms with van der Waals surface area (Å²) in [4.78, 5) is 1.60. The number of halogens is 2. The van der Waals surface area contributed by atoms with Gasteiger partial charge >= 0.3 is 0 Å². The normalized spacial score (nSPS) is 11.7. The Balaban J connectivity index is 3.11. The number of nitrogens with zero attached hydrogens (tertiary/aromatic N) is 1. The fourth-order valence-corrected chi connectivity index (χ4v) is 1.82. The first kappa shape index (κ1) is 14.9. The highest BCUT2D eigenvalue weighted by Crippen LogP contribution is 2.25. The number of anilines is 1. The second-order valence-corrected chi connectivity index (χ2v) is 4.90. The molecule has 1 aromatic rings. The number of hydrogen-bond donors (Lipinski definition) is 2. The van der Waals surface area contributed by atoms with Crippen molar-refractivity contribution in [3.63, 3.8) is 0 Å². The van der Waals surface area contributed by atoms with Crippen molar-refractivity contribution < 1.29 is 13.9 Å². The van der Waals surface area contributed by atoms with Crippen molar-refractivity contribution in [1.29, 1.82) is 0 Å². The third-order valence-electron chi connectivity index (χ3n) is 2.66. The molecule has 0 aromatic heterocycles. The van der Waals surface area contributed by atoms with Gasteiger partial charge in [0.2, 0.25) is 0 Å². The summed E-state index contributed by atoms with van der Waals surface area (Å²) in [5.74, 6) is -1.83. The molecule has 0 saturated heterocycles. The van der Waals surface area contributed by atoms with Gasteiger partial charge in [-0.15, -0.1) is 0 Å². The molecule has 0 spiro atoms. The smallest absolute Gasteiger partial charge is 0.182 e. The molecule has 0 saturated carbocycles. The van der Waals surface area contributed by atoms with Crippen molar-refractivity contribution in [2.24, 2.45) is 5.73 Å². The van der Waals surface area contributed by atoms with Crippen molar-refractivity contribution in [3.05, 3.63) is 29.3 Å². The van der Waals surface area contributed by atoms with Crippen LogP contribution in [0.3, 0.4) is 0 Å². The molecule has 0 atom stereocenters. The number of hydrogen-bond acceptors (Lipinski definition) is 3. The number of nitrogens with two attached hydrogens (primary N) is 1. The summed E-state index contributed by atoms with van der Waals surface area (Å²) in [5.41, 5.74) is 4.64. The Bertz CT molecular complexity index is 416. The van der Waals surface area contributed by atoms with E-state index in [2.05, 4.69) is 0 Å². The maximum absolute atomic E-state index is 13.9. The van der Waals surface area contributed by atoms with E-state index in [1.54, 1.807) is 18.7 Å². The Morgan fingerprint density at radius 1 is 1.28 bits per heavy atom. The summed E-state index contributed by atoms with van der Waals surface area (Å²) in [7, 11) is 0. The SMILES string of the molecule is CCN(CC(C)(C)O)c1ccc(CN)c(F)c1F. The molecule has 5 heteroatoms. The van der Waals surface area contributed by atoms with Crippen LogP contribution in [0.1, 0.15) is 26.3 Å². The predicted octanol–water partition coefficient (Wildman–Crippen LogP) is 2.02. The zero-order chi connectivity index (χ0) is 13.9. The van der Waals surface area contributed by atoms with Crippen molar-refractivity contribution in [2.75, 3.05) is 18.0 Å². The first-order valence-corrected chi connectivity index (χ1v) is 5.94. The lowest BCUT2D eigenvalue weighted by Gasteiger charge is -2.30.